The number of unbranched alkanes of at least 4 members (excludes halogenated alkanes) is 7. The van der Waals surface area contributed by atoms with Crippen LogP contribution in [0.15, 0.2) is 24.3 Å². The second-order valence-corrected chi connectivity index (χ2v) is 6.38. The number of benzene rings is 1. The lowest BCUT2D eigenvalue weighted by Gasteiger charge is -2.24. The van der Waals surface area contributed by atoms with Crippen molar-refractivity contribution in [3.63, 3.8) is 0 Å². The highest BCUT2D eigenvalue weighted by atomic mass is 15.1. The van der Waals surface area contributed by atoms with Crippen molar-refractivity contribution in [3.05, 3.63) is 35.4 Å². The van der Waals surface area contributed by atoms with Crippen molar-refractivity contribution in [1.29, 1.82) is 0 Å². The molecule has 0 aromatic heterocycles. The molecule has 0 radical (unpaired) electrons. The van der Waals surface area contributed by atoms with Crippen LogP contribution in [-0.2, 0) is 13.0 Å². The van der Waals surface area contributed by atoms with Gasteiger partial charge in [0.1, 0.15) is 0 Å². The van der Waals surface area contributed by atoms with Crippen molar-refractivity contribution < 1.29 is 0 Å². The van der Waals surface area contributed by atoms with Crippen molar-refractivity contribution in [2.75, 3.05) is 13.6 Å². The number of rotatable bonds is 7. The van der Waals surface area contributed by atoms with Crippen LogP contribution in [0.5, 0.6) is 0 Å². The van der Waals surface area contributed by atoms with Gasteiger partial charge in [0.15, 0.2) is 0 Å². The van der Waals surface area contributed by atoms with E-state index in [0.29, 0.717) is 0 Å². The monoisotopic (exact) mass is 289 g/mol. The number of likely N-dealkylation sites (N-methyl/N-ethyl adjacent to an activating group) is 1. The SMILES string of the molecule is CCCCCCCCCC.CN1CCc2ccccc2C1. The number of hydrogen-bond donors (Lipinski definition) is 0. The lowest BCUT2D eigenvalue weighted by Crippen LogP contribution is -2.26. The van der Waals surface area contributed by atoms with Crippen molar-refractivity contribution in [1.82, 2.24) is 4.90 Å². The van der Waals surface area contributed by atoms with Gasteiger partial charge in [0.2, 0.25) is 0 Å². The van der Waals surface area contributed by atoms with Crippen LogP contribution in [-0.4, -0.2) is 18.5 Å². The van der Waals surface area contributed by atoms with Gasteiger partial charge < -0.3 is 4.90 Å². The molecule has 1 aliphatic heterocycles. The van der Waals surface area contributed by atoms with Gasteiger partial charge >= 0.3 is 0 Å². The van der Waals surface area contributed by atoms with Crippen LogP contribution in [0.2, 0.25) is 0 Å². The summed E-state index contributed by atoms with van der Waals surface area (Å²) >= 11 is 0. The molecular weight excluding hydrogens is 254 g/mol. The molecule has 0 N–H and O–H groups in total. The Kier molecular flexibility index (Phi) is 10.2. The summed E-state index contributed by atoms with van der Waals surface area (Å²) in [6.07, 6.45) is 12.7. The Hall–Kier alpha value is -0.820. The topological polar surface area (TPSA) is 3.24 Å². The fraction of sp³-hybridized carbons (Fsp3) is 0.700. The highest BCUT2D eigenvalue weighted by Gasteiger charge is 2.10. The van der Waals surface area contributed by atoms with Gasteiger partial charge in [-0.2, -0.15) is 0 Å². The molecule has 1 nitrogen and oxygen atoms in total. The predicted octanol–water partition coefficient (Wildman–Crippen LogP) is 5.82. The molecule has 0 fully saturated rings. The quantitative estimate of drug-likeness (QED) is 0.571. The van der Waals surface area contributed by atoms with Crippen LogP contribution < -0.4 is 0 Å². The van der Waals surface area contributed by atoms with E-state index in [9.17, 15) is 0 Å². The van der Waals surface area contributed by atoms with Crippen molar-refractivity contribution in [2.24, 2.45) is 0 Å². The van der Waals surface area contributed by atoms with E-state index in [4.69, 9.17) is 0 Å². The van der Waals surface area contributed by atoms with E-state index in [1.165, 1.54) is 75.5 Å². The first-order chi connectivity index (χ1) is 10.3. The van der Waals surface area contributed by atoms with E-state index >= 15 is 0 Å². The predicted molar refractivity (Wildman–Crippen MR) is 94.8 cm³/mol. The Morgan fingerprint density at radius 1 is 0.810 bits per heavy atom. The Morgan fingerprint density at radius 3 is 1.90 bits per heavy atom. The van der Waals surface area contributed by atoms with E-state index in [-0.39, 0.29) is 0 Å². The maximum atomic E-state index is 2.36. The molecule has 21 heavy (non-hydrogen) atoms. The lowest BCUT2D eigenvalue weighted by molar-refractivity contribution is 0.313. The Morgan fingerprint density at radius 2 is 1.33 bits per heavy atom. The van der Waals surface area contributed by atoms with E-state index in [1.807, 2.05) is 0 Å². The molecule has 0 saturated carbocycles. The number of hydrogen-bond acceptors (Lipinski definition) is 1. The van der Waals surface area contributed by atoms with Crippen LogP contribution in [0.1, 0.15) is 76.3 Å². The lowest BCUT2D eigenvalue weighted by atomic mass is 10.0. The Balaban J connectivity index is 0.000000212. The van der Waals surface area contributed by atoms with Crippen molar-refractivity contribution >= 4 is 0 Å². The van der Waals surface area contributed by atoms with Gasteiger partial charge in [-0.1, -0.05) is 89.5 Å². The molecule has 1 aromatic carbocycles. The second-order valence-electron chi connectivity index (χ2n) is 6.38. The molecule has 1 heterocycles. The molecule has 0 saturated heterocycles. The first kappa shape index (κ1) is 18.2. The zero-order valence-electron chi connectivity index (χ0n) is 14.5. The zero-order chi connectivity index (χ0) is 15.3. The zero-order valence-corrected chi connectivity index (χ0v) is 14.5. The molecule has 120 valence electrons. The molecule has 0 amide bonds. The third-order valence-electron chi connectivity index (χ3n) is 4.28. The van der Waals surface area contributed by atoms with Crippen LogP contribution in [0.4, 0.5) is 0 Å². The molecule has 0 atom stereocenters. The van der Waals surface area contributed by atoms with E-state index in [2.05, 4.69) is 50.1 Å². The maximum absolute atomic E-state index is 2.36. The van der Waals surface area contributed by atoms with Gasteiger partial charge in [0, 0.05) is 13.1 Å². The van der Waals surface area contributed by atoms with E-state index in [0.717, 1.165) is 6.54 Å². The fourth-order valence-electron chi connectivity index (χ4n) is 2.84. The summed E-state index contributed by atoms with van der Waals surface area (Å²) < 4.78 is 0. The smallest absolute Gasteiger partial charge is 0.0233 e. The molecular formula is C20H35N. The van der Waals surface area contributed by atoms with Crippen LogP contribution >= 0.6 is 0 Å². The molecule has 0 spiro atoms. The first-order valence-electron chi connectivity index (χ1n) is 9.03. The highest BCUT2D eigenvalue weighted by Crippen LogP contribution is 2.16. The van der Waals surface area contributed by atoms with Gasteiger partial charge in [-0.05, 0) is 24.6 Å². The highest BCUT2D eigenvalue weighted by molar-refractivity contribution is 5.28. The normalized spacial score (nSPS) is 14.2. The van der Waals surface area contributed by atoms with Gasteiger partial charge in [0.05, 0.1) is 0 Å². The molecule has 0 bridgehead atoms. The summed E-state index contributed by atoms with van der Waals surface area (Å²) in [6.45, 7) is 6.87. The van der Waals surface area contributed by atoms with Crippen LogP contribution in [0.25, 0.3) is 0 Å². The Labute approximate surface area is 132 Å². The molecule has 0 aliphatic carbocycles. The third-order valence-corrected chi connectivity index (χ3v) is 4.28. The second kappa shape index (κ2) is 11.8. The Bertz CT molecular complexity index is 351. The average Bonchev–Trinajstić information content (AvgIpc) is 2.51. The minimum atomic E-state index is 1.12. The molecule has 1 aliphatic rings. The summed E-state index contributed by atoms with van der Waals surface area (Å²) in [6, 6.07) is 8.72. The first-order valence-corrected chi connectivity index (χ1v) is 9.03. The third kappa shape index (κ3) is 8.26. The van der Waals surface area contributed by atoms with E-state index < -0.39 is 0 Å². The van der Waals surface area contributed by atoms with Crippen molar-refractivity contribution in [2.45, 2.75) is 78.2 Å². The molecule has 0 unspecified atom stereocenters. The van der Waals surface area contributed by atoms with Gasteiger partial charge in [0.25, 0.3) is 0 Å². The fourth-order valence-corrected chi connectivity index (χ4v) is 2.84. The summed E-state index contributed by atoms with van der Waals surface area (Å²) in [5.74, 6) is 0. The standard InChI is InChI=1S/C10H13N.C10H22/c1-11-7-6-9-4-2-3-5-10(9)8-11;1-3-5-7-9-10-8-6-4-2/h2-5H,6-8H2,1H3;3-10H2,1-2H3. The molecule has 1 aromatic rings. The summed E-state index contributed by atoms with van der Waals surface area (Å²) in [4.78, 5) is 2.36. The summed E-state index contributed by atoms with van der Waals surface area (Å²) in [5.41, 5.74) is 3.03. The number of nitrogens with zero attached hydrogens (tertiary/aromatic N) is 1. The largest absolute Gasteiger partial charge is 0.302 e. The van der Waals surface area contributed by atoms with Gasteiger partial charge in [-0.3, -0.25) is 0 Å². The van der Waals surface area contributed by atoms with E-state index in [1.54, 1.807) is 0 Å². The summed E-state index contributed by atoms with van der Waals surface area (Å²) in [5, 5.41) is 0. The summed E-state index contributed by atoms with van der Waals surface area (Å²) in [7, 11) is 2.18. The molecule has 2 rings (SSSR count). The average molecular weight is 290 g/mol. The minimum absolute atomic E-state index is 1.12. The minimum Gasteiger partial charge on any atom is -0.302 e. The van der Waals surface area contributed by atoms with Gasteiger partial charge in [-0.15, -0.1) is 0 Å². The van der Waals surface area contributed by atoms with Crippen molar-refractivity contribution in [3.8, 4) is 0 Å². The van der Waals surface area contributed by atoms with Crippen LogP contribution in [0.3, 0.4) is 0 Å². The molecule has 1 heteroatoms. The maximum Gasteiger partial charge on any atom is 0.0233 e. The number of fused-ring (bicyclic) bond motifs is 1. The van der Waals surface area contributed by atoms with Crippen LogP contribution in [0, 0.1) is 0 Å². The van der Waals surface area contributed by atoms with Gasteiger partial charge in [-0.25, -0.2) is 0 Å².